The van der Waals surface area contributed by atoms with Crippen LogP contribution in [0.4, 0.5) is 0 Å². The van der Waals surface area contributed by atoms with E-state index in [2.05, 4.69) is 25.6 Å². The van der Waals surface area contributed by atoms with Crippen molar-refractivity contribution in [3.8, 4) is 0 Å². The van der Waals surface area contributed by atoms with Crippen molar-refractivity contribution in [2.75, 3.05) is 6.54 Å². The van der Waals surface area contributed by atoms with Gasteiger partial charge in [-0.15, -0.1) is 0 Å². The number of amidine groups is 1. The van der Waals surface area contributed by atoms with Gasteiger partial charge in [0.1, 0.15) is 6.54 Å². The summed E-state index contributed by atoms with van der Waals surface area (Å²) >= 11 is 0. The van der Waals surface area contributed by atoms with Crippen LogP contribution in [-0.4, -0.2) is 33.3 Å². The lowest BCUT2D eigenvalue weighted by molar-refractivity contribution is -0.894. The molecule has 1 amide bonds. The molecule has 9 heteroatoms. The summed E-state index contributed by atoms with van der Waals surface area (Å²) in [6.45, 7) is 2.21. The van der Waals surface area contributed by atoms with Crippen LogP contribution in [0.3, 0.4) is 0 Å². The van der Waals surface area contributed by atoms with Crippen molar-refractivity contribution in [2.24, 2.45) is 21.2 Å². The fraction of sp³-hybridized carbons (Fsp3) is 0.238. The first-order valence-electron chi connectivity index (χ1n) is 9.77. The standard InChI is InChI=1S/C21H22N7O2/c1-2-16-12-15(13-17-19(16)24-25-20(17)21(22)29)8-9-18-23-27-28(30,26-18)11-10-14-6-4-3-5-7-14/h3-7,9,12-13H,2,8,10-11H2,1H3,(H2,22,29)(H,24,25). The Morgan fingerprint density at radius 1 is 1.23 bits per heavy atom. The summed E-state index contributed by atoms with van der Waals surface area (Å²) in [7, 11) is 0. The lowest BCUT2D eigenvalue weighted by atomic mass is 10.00. The van der Waals surface area contributed by atoms with Crippen LogP contribution in [0.1, 0.15) is 34.1 Å². The van der Waals surface area contributed by atoms with Gasteiger partial charge in [-0.2, -0.15) is 5.10 Å². The second-order valence-electron chi connectivity index (χ2n) is 7.15. The number of carbonyl (C=O) groups is 1. The molecule has 4 rings (SSSR count). The van der Waals surface area contributed by atoms with Crippen molar-refractivity contribution in [2.45, 2.75) is 26.2 Å². The second-order valence-corrected chi connectivity index (χ2v) is 7.15. The largest absolute Gasteiger partial charge is 0.576 e. The Morgan fingerprint density at radius 2 is 2.03 bits per heavy atom. The van der Waals surface area contributed by atoms with E-state index in [1.54, 1.807) is 6.42 Å². The maximum Gasteiger partial charge on any atom is 0.269 e. The normalized spacial score (nSPS) is 18.1. The van der Waals surface area contributed by atoms with E-state index in [-0.39, 0.29) is 12.2 Å². The Morgan fingerprint density at radius 3 is 2.77 bits per heavy atom. The van der Waals surface area contributed by atoms with E-state index in [9.17, 15) is 10.0 Å². The van der Waals surface area contributed by atoms with Gasteiger partial charge in [0.05, 0.1) is 10.7 Å². The molecule has 1 aliphatic heterocycles. The van der Waals surface area contributed by atoms with Gasteiger partial charge in [0.2, 0.25) is 5.84 Å². The lowest BCUT2D eigenvalue weighted by Crippen LogP contribution is -2.30. The van der Waals surface area contributed by atoms with Gasteiger partial charge in [-0.05, 0) is 40.7 Å². The number of H-pyrrole nitrogens is 1. The van der Waals surface area contributed by atoms with Crippen LogP contribution in [0.15, 0.2) is 57.9 Å². The highest BCUT2D eigenvalue weighted by Crippen LogP contribution is 2.24. The number of hydrogen-bond acceptors (Lipinski definition) is 6. The third kappa shape index (κ3) is 4.12. The molecule has 153 valence electrons. The maximum absolute atomic E-state index is 12.7. The Bertz CT molecular complexity index is 1140. The van der Waals surface area contributed by atoms with Crippen molar-refractivity contribution < 1.29 is 9.66 Å². The molecule has 1 aliphatic rings. The minimum Gasteiger partial charge on any atom is -0.576 e. The molecule has 0 saturated carbocycles. The molecule has 30 heavy (non-hydrogen) atoms. The van der Waals surface area contributed by atoms with Crippen LogP contribution in [0.25, 0.3) is 10.9 Å². The minimum atomic E-state index is -1.06. The number of quaternary nitrogens is 1. The number of rotatable bonds is 8. The van der Waals surface area contributed by atoms with Crippen LogP contribution in [0.5, 0.6) is 0 Å². The summed E-state index contributed by atoms with van der Waals surface area (Å²) in [5.74, 6) is -0.274. The van der Waals surface area contributed by atoms with Gasteiger partial charge in [-0.3, -0.25) is 9.89 Å². The van der Waals surface area contributed by atoms with Gasteiger partial charge in [-0.1, -0.05) is 53.3 Å². The van der Waals surface area contributed by atoms with E-state index < -0.39 is 10.8 Å². The average molecular weight is 404 g/mol. The SMILES string of the molecule is CCc1cc(C[CH]C2=N[N+]([O-])(CCc3ccccc3)N=N2)cc2c(C(N)=O)n[nH]c12. The highest BCUT2D eigenvalue weighted by Gasteiger charge is 2.25. The molecule has 0 saturated heterocycles. The number of primary amides is 1. The first-order chi connectivity index (χ1) is 14.5. The van der Waals surface area contributed by atoms with E-state index in [4.69, 9.17) is 5.73 Å². The number of aryl methyl sites for hydroxylation is 1. The molecule has 1 radical (unpaired) electrons. The first-order valence-corrected chi connectivity index (χ1v) is 9.77. The molecule has 0 spiro atoms. The zero-order valence-corrected chi connectivity index (χ0v) is 16.6. The Balaban J connectivity index is 1.46. The summed E-state index contributed by atoms with van der Waals surface area (Å²) in [5.41, 5.74) is 9.49. The molecule has 9 nitrogen and oxygen atoms in total. The second kappa shape index (κ2) is 8.13. The number of hydroxylamine groups is 1. The minimum absolute atomic E-state index is 0.188. The molecule has 1 unspecified atom stereocenters. The van der Waals surface area contributed by atoms with Crippen molar-refractivity contribution in [3.63, 3.8) is 0 Å². The predicted octanol–water partition coefficient (Wildman–Crippen LogP) is 3.22. The molecule has 2 aromatic carbocycles. The molecule has 0 bridgehead atoms. The third-order valence-corrected chi connectivity index (χ3v) is 5.03. The zero-order valence-electron chi connectivity index (χ0n) is 16.6. The Kier molecular flexibility index (Phi) is 5.39. The Hall–Kier alpha value is -3.43. The fourth-order valence-electron chi connectivity index (χ4n) is 3.46. The molecule has 0 fully saturated rings. The van der Waals surface area contributed by atoms with Gasteiger partial charge >= 0.3 is 0 Å². The van der Waals surface area contributed by atoms with Crippen LogP contribution in [0, 0.1) is 11.6 Å². The van der Waals surface area contributed by atoms with Crippen molar-refractivity contribution in [1.82, 2.24) is 10.2 Å². The van der Waals surface area contributed by atoms with Crippen molar-refractivity contribution in [3.05, 3.63) is 76.5 Å². The fourth-order valence-corrected chi connectivity index (χ4v) is 3.46. The van der Waals surface area contributed by atoms with Crippen molar-refractivity contribution >= 4 is 22.6 Å². The number of fused-ring (bicyclic) bond motifs is 1. The number of aromatic amines is 1. The smallest absolute Gasteiger partial charge is 0.269 e. The van der Waals surface area contributed by atoms with E-state index >= 15 is 0 Å². The number of nitrogens with one attached hydrogen (secondary N) is 1. The molecule has 3 aromatic rings. The number of benzene rings is 2. The lowest BCUT2D eigenvalue weighted by Gasteiger charge is -2.23. The molecule has 3 N–H and O–H groups in total. The first kappa shape index (κ1) is 19.9. The number of nitrogens with two attached hydrogens (primary N) is 1. The van der Waals surface area contributed by atoms with Gasteiger partial charge in [0.15, 0.2) is 5.69 Å². The highest BCUT2D eigenvalue weighted by atomic mass is 16.6. The third-order valence-electron chi connectivity index (χ3n) is 5.03. The van der Waals surface area contributed by atoms with E-state index in [1.807, 2.05) is 49.4 Å². The van der Waals surface area contributed by atoms with Gasteiger partial charge in [0, 0.05) is 18.2 Å². The average Bonchev–Trinajstić information content (AvgIpc) is 3.35. The topological polar surface area (TPSA) is 132 Å². The van der Waals surface area contributed by atoms with Gasteiger partial charge in [0.25, 0.3) is 5.91 Å². The molecule has 0 aliphatic carbocycles. The summed E-state index contributed by atoms with van der Waals surface area (Å²) in [5, 5.41) is 32.1. The van der Waals surface area contributed by atoms with E-state index in [0.717, 1.165) is 28.6 Å². The van der Waals surface area contributed by atoms with Crippen LogP contribution < -0.4 is 5.73 Å². The maximum atomic E-state index is 12.7. The van der Waals surface area contributed by atoms with Crippen LogP contribution >= 0.6 is 0 Å². The summed E-state index contributed by atoms with van der Waals surface area (Å²) in [4.78, 5) is 10.6. The van der Waals surface area contributed by atoms with Crippen LogP contribution in [-0.2, 0) is 19.3 Å². The molecule has 1 atom stereocenters. The molecule has 2 heterocycles. The van der Waals surface area contributed by atoms with Crippen LogP contribution in [0.2, 0.25) is 0 Å². The molecular weight excluding hydrogens is 382 g/mol. The molecular formula is C21H22N7O2. The van der Waals surface area contributed by atoms with E-state index in [0.29, 0.717) is 24.1 Å². The molecule has 1 aromatic heterocycles. The highest BCUT2D eigenvalue weighted by molar-refractivity contribution is 6.04. The van der Waals surface area contributed by atoms with E-state index in [1.165, 1.54) is 0 Å². The zero-order chi connectivity index (χ0) is 21.1. The number of aromatic nitrogens is 2. The number of nitrogens with zero attached hydrogens (tertiary/aromatic N) is 5. The monoisotopic (exact) mass is 404 g/mol. The summed E-state index contributed by atoms with van der Waals surface area (Å²) < 4.78 is 0. The summed E-state index contributed by atoms with van der Waals surface area (Å²) in [6.07, 6.45) is 3.58. The predicted molar refractivity (Wildman–Crippen MR) is 113 cm³/mol. The van der Waals surface area contributed by atoms with Gasteiger partial charge < -0.3 is 10.9 Å². The number of amides is 1. The number of carbonyl (C=O) groups excluding carboxylic acids is 1. The van der Waals surface area contributed by atoms with Gasteiger partial charge in [-0.25, -0.2) is 0 Å². The summed E-state index contributed by atoms with van der Waals surface area (Å²) in [6, 6.07) is 13.6. The number of hydrogen-bond donors (Lipinski definition) is 2. The van der Waals surface area contributed by atoms with Crippen molar-refractivity contribution in [1.29, 1.82) is 0 Å². The quantitative estimate of drug-likeness (QED) is 0.441. The Labute approximate surface area is 173 Å².